The van der Waals surface area contributed by atoms with Crippen molar-refractivity contribution in [1.29, 1.82) is 0 Å². The average Bonchev–Trinajstić information content (AvgIpc) is 3.08. The second-order valence-corrected chi connectivity index (χ2v) is 8.20. The molecule has 0 saturated carbocycles. The number of carbonyl (C=O) groups is 1. The van der Waals surface area contributed by atoms with Crippen LogP contribution in [-0.4, -0.2) is 33.2 Å². The van der Waals surface area contributed by atoms with E-state index in [0.717, 1.165) is 5.39 Å². The molecule has 3 rings (SSSR count). The average molecular weight is 429 g/mol. The standard InChI is InChI=1S/C22H24FN3O5/c1-22(2,3)30-21(27)25(14-15-6-4-7-17(12-15)26(28)29)11-5-8-19-18-10-9-16(23)13-20(18)31-24-19/h4,6-7,9-10,12-13H,5,8,11,14H2,1-3H3. The second kappa shape index (κ2) is 9.11. The number of halogens is 1. The fourth-order valence-corrected chi connectivity index (χ4v) is 3.13. The van der Waals surface area contributed by atoms with E-state index in [2.05, 4.69) is 5.16 Å². The quantitative estimate of drug-likeness (QED) is 0.376. The molecule has 0 aliphatic heterocycles. The van der Waals surface area contributed by atoms with E-state index in [1.54, 1.807) is 39.0 Å². The van der Waals surface area contributed by atoms with E-state index in [9.17, 15) is 19.3 Å². The maximum absolute atomic E-state index is 13.3. The summed E-state index contributed by atoms with van der Waals surface area (Å²) in [7, 11) is 0. The molecule has 31 heavy (non-hydrogen) atoms. The highest BCUT2D eigenvalue weighted by atomic mass is 19.1. The van der Waals surface area contributed by atoms with Crippen molar-refractivity contribution < 1.29 is 23.4 Å². The predicted octanol–water partition coefficient (Wildman–Crippen LogP) is 5.25. The van der Waals surface area contributed by atoms with Crippen LogP contribution < -0.4 is 0 Å². The van der Waals surface area contributed by atoms with Gasteiger partial charge in [-0.2, -0.15) is 0 Å². The third-order valence-corrected chi connectivity index (χ3v) is 4.50. The van der Waals surface area contributed by atoms with E-state index in [0.29, 0.717) is 36.2 Å². The molecule has 1 aromatic heterocycles. The molecular weight excluding hydrogens is 405 g/mol. The van der Waals surface area contributed by atoms with Gasteiger partial charge in [-0.25, -0.2) is 9.18 Å². The Morgan fingerprint density at radius 2 is 2.03 bits per heavy atom. The molecule has 1 heterocycles. The molecule has 9 heteroatoms. The van der Waals surface area contributed by atoms with Crippen LogP contribution in [0.25, 0.3) is 11.0 Å². The van der Waals surface area contributed by atoms with Gasteiger partial charge in [-0.05, 0) is 51.3 Å². The van der Waals surface area contributed by atoms with Crippen LogP contribution in [-0.2, 0) is 17.7 Å². The lowest BCUT2D eigenvalue weighted by Crippen LogP contribution is -2.37. The first-order valence-corrected chi connectivity index (χ1v) is 9.87. The molecule has 0 aliphatic rings. The van der Waals surface area contributed by atoms with Gasteiger partial charge < -0.3 is 14.2 Å². The summed E-state index contributed by atoms with van der Waals surface area (Å²) in [5, 5.41) is 15.8. The molecule has 1 amide bonds. The third kappa shape index (κ3) is 6.00. The largest absolute Gasteiger partial charge is 0.444 e. The number of aryl methyl sites for hydroxylation is 1. The molecule has 0 unspecified atom stereocenters. The summed E-state index contributed by atoms with van der Waals surface area (Å²) in [6.45, 7) is 5.83. The van der Waals surface area contributed by atoms with E-state index in [-0.39, 0.29) is 12.2 Å². The van der Waals surface area contributed by atoms with Gasteiger partial charge in [0.15, 0.2) is 5.58 Å². The number of nitro benzene ring substituents is 1. The van der Waals surface area contributed by atoms with Crippen LogP contribution in [0.5, 0.6) is 0 Å². The Balaban J connectivity index is 1.72. The molecule has 3 aromatic rings. The predicted molar refractivity (Wildman–Crippen MR) is 112 cm³/mol. The number of rotatable bonds is 7. The summed E-state index contributed by atoms with van der Waals surface area (Å²) < 4.78 is 24.0. The van der Waals surface area contributed by atoms with Gasteiger partial charge >= 0.3 is 6.09 Å². The zero-order valence-electron chi connectivity index (χ0n) is 17.6. The first-order chi connectivity index (χ1) is 14.6. The first-order valence-electron chi connectivity index (χ1n) is 9.87. The van der Waals surface area contributed by atoms with Crippen molar-refractivity contribution in [2.45, 2.75) is 45.8 Å². The number of hydrogen-bond acceptors (Lipinski definition) is 6. The van der Waals surface area contributed by atoms with Crippen molar-refractivity contribution in [3.63, 3.8) is 0 Å². The summed E-state index contributed by atoms with van der Waals surface area (Å²) in [6.07, 6.45) is 0.547. The number of non-ortho nitro benzene ring substituents is 1. The highest BCUT2D eigenvalue weighted by Crippen LogP contribution is 2.22. The van der Waals surface area contributed by atoms with Gasteiger partial charge in [0.05, 0.1) is 10.6 Å². The monoisotopic (exact) mass is 429 g/mol. The minimum Gasteiger partial charge on any atom is -0.444 e. The maximum Gasteiger partial charge on any atom is 0.410 e. The van der Waals surface area contributed by atoms with Gasteiger partial charge in [-0.1, -0.05) is 17.3 Å². The molecule has 0 atom stereocenters. The maximum atomic E-state index is 13.3. The van der Waals surface area contributed by atoms with Crippen LogP contribution in [0.1, 0.15) is 38.4 Å². The Kier molecular flexibility index (Phi) is 6.53. The molecule has 0 radical (unpaired) electrons. The summed E-state index contributed by atoms with van der Waals surface area (Å²) in [5.74, 6) is -0.400. The summed E-state index contributed by atoms with van der Waals surface area (Å²) in [6, 6.07) is 10.4. The molecule has 0 spiro atoms. The van der Waals surface area contributed by atoms with Crippen LogP contribution in [0.2, 0.25) is 0 Å². The topological polar surface area (TPSA) is 98.7 Å². The van der Waals surface area contributed by atoms with Crippen molar-refractivity contribution >= 4 is 22.7 Å². The molecule has 0 aliphatic carbocycles. The van der Waals surface area contributed by atoms with Gasteiger partial charge in [0.25, 0.3) is 5.69 Å². The lowest BCUT2D eigenvalue weighted by atomic mass is 10.1. The van der Waals surface area contributed by atoms with Crippen LogP contribution >= 0.6 is 0 Å². The molecule has 0 N–H and O–H groups in total. The molecule has 164 valence electrons. The van der Waals surface area contributed by atoms with E-state index < -0.39 is 22.4 Å². The SMILES string of the molecule is CC(C)(C)OC(=O)N(CCCc1noc2cc(F)ccc12)Cc1cccc([N+](=O)[O-])c1. The number of nitro groups is 1. The normalized spacial score (nSPS) is 11.5. The fraction of sp³-hybridized carbons (Fsp3) is 0.364. The van der Waals surface area contributed by atoms with E-state index in [1.165, 1.54) is 29.2 Å². The van der Waals surface area contributed by atoms with Gasteiger partial charge in [0.1, 0.15) is 11.4 Å². The van der Waals surface area contributed by atoms with Crippen molar-refractivity contribution in [2.24, 2.45) is 0 Å². The van der Waals surface area contributed by atoms with Gasteiger partial charge in [-0.3, -0.25) is 10.1 Å². The summed E-state index contributed by atoms with van der Waals surface area (Å²) in [4.78, 5) is 24.8. The van der Waals surface area contributed by atoms with Crippen LogP contribution in [0.4, 0.5) is 14.9 Å². The number of benzene rings is 2. The molecular formula is C22H24FN3O5. The number of ether oxygens (including phenoxy) is 1. The number of carbonyl (C=O) groups excluding carboxylic acids is 1. The van der Waals surface area contributed by atoms with Crippen molar-refractivity contribution in [1.82, 2.24) is 10.1 Å². The van der Waals surface area contributed by atoms with Crippen LogP contribution in [0.15, 0.2) is 47.0 Å². The Morgan fingerprint density at radius 3 is 2.74 bits per heavy atom. The Morgan fingerprint density at radius 1 is 1.26 bits per heavy atom. The third-order valence-electron chi connectivity index (χ3n) is 4.50. The minimum atomic E-state index is -0.676. The Labute approximate surface area is 178 Å². The molecule has 0 saturated heterocycles. The number of fused-ring (bicyclic) bond motifs is 1. The van der Waals surface area contributed by atoms with Crippen molar-refractivity contribution in [3.8, 4) is 0 Å². The molecule has 0 fully saturated rings. The number of hydrogen-bond donors (Lipinski definition) is 0. The second-order valence-electron chi connectivity index (χ2n) is 8.20. The minimum absolute atomic E-state index is 0.0389. The molecule has 2 aromatic carbocycles. The van der Waals surface area contributed by atoms with Gasteiger partial charge in [0, 0.05) is 36.7 Å². The lowest BCUT2D eigenvalue weighted by molar-refractivity contribution is -0.384. The van der Waals surface area contributed by atoms with Crippen LogP contribution in [0.3, 0.4) is 0 Å². The number of amides is 1. The Hall–Kier alpha value is -3.49. The Bertz CT molecular complexity index is 1090. The smallest absolute Gasteiger partial charge is 0.410 e. The zero-order valence-corrected chi connectivity index (χ0v) is 17.6. The van der Waals surface area contributed by atoms with Gasteiger partial charge in [0.2, 0.25) is 0 Å². The van der Waals surface area contributed by atoms with E-state index in [1.807, 2.05) is 0 Å². The van der Waals surface area contributed by atoms with E-state index >= 15 is 0 Å². The number of aromatic nitrogens is 1. The summed E-state index contributed by atoms with van der Waals surface area (Å²) in [5.41, 5.74) is 0.958. The summed E-state index contributed by atoms with van der Waals surface area (Å²) >= 11 is 0. The van der Waals surface area contributed by atoms with Crippen LogP contribution in [0, 0.1) is 15.9 Å². The van der Waals surface area contributed by atoms with E-state index in [4.69, 9.17) is 9.26 Å². The fourth-order valence-electron chi connectivity index (χ4n) is 3.13. The van der Waals surface area contributed by atoms with Crippen molar-refractivity contribution in [2.75, 3.05) is 6.54 Å². The van der Waals surface area contributed by atoms with Crippen molar-refractivity contribution in [3.05, 3.63) is 69.7 Å². The molecule has 8 nitrogen and oxygen atoms in total. The zero-order chi connectivity index (χ0) is 22.6. The molecule has 0 bridgehead atoms. The first kappa shape index (κ1) is 22.2. The highest BCUT2D eigenvalue weighted by Gasteiger charge is 2.23. The van der Waals surface area contributed by atoms with Gasteiger partial charge in [-0.15, -0.1) is 0 Å². The lowest BCUT2D eigenvalue weighted by Gasteiger charge is -2.27. The number of nitrogens with zero attached hydrogens (tertiary/aromatic N) is 3. The highest BCUT2D eigenvalue weighted by molar-refractivity contribution is 5.79.